The van der Waals surface area contributed by atoms with Gasteiger partial charge in [-0.15, -0.1) is 34.0 Å². The fourth-order valence-corrected chi connectivity index (χ4v) is 0.530. The Morgan fingerprint density at radius 2 is 1.10 bits per heavy atom. The maximum absolute atomic E-state index is 3.22. The summed E-state index contributed by atoms with van der Waals surface area (Å²) in [4.78, 5) is 0. The van der Waals surface area contributed by atoms with Gasteiger partial charge in [0, 0.05) is 13.1 Å². The van der Waals surface area contributed by atoms with Crippen molar-refractivity contribution in [2.45, 2.75) is 13.8 Å². The Kier molecular flexibility index (Phi) is 28.2. The van der Waals surface area contributed by atoms with E-state index < -0.39 is 0 Å². The van der Waals surface area contributed by atoms with Crippen molar-refractivity contribution >= 4 is 34.0 Å². The van der Waals surface area contributed by atoms with E-state index in [2.05, 4.69) is 24.5 Å². The molecule has 0 spiro atoms. The summed E-state index contributed by atoms with van der Waals surface area (Å²) in [6.07, 6.45) is 0. The summed E-state index contributed by atoms with van der Waals surface area (Å²) in [6, 6.07) is 0. The van der Waals surface area contributed by atoms with E-state index in [0.717, 1.165) is 26.2 Å². The number of hydrogen-bond donors (Lipinski definition) is 2. The average Bonchev–Trinajstić information content (AvgIpc) is 1.81. The second kappa shape index (κ2) is 16.5. The molecule has 0 aliphatic carbocycles. The van der Waals surface area contributed by atoms with Crippen LogP contribution in [0, 0.1) is 0 Å². The standard InChI is InChI=1S/C6H16N2.2BrH/c1-3-7-5-6-8-4-2;;/h7-8H,3-6H2,1-2H3;2*1H. The van der Waals surface area contributed by atoms with E-state index in [1.165, 1.54) is 0 Å². The molecule has 0 atom stereocenters. The molecule has 0 bridgehead atoms. The smallest absolute Gasteiger partial charge is 0.00766 e. The summed E-state index contributed by atoms with van der Waals surface area (Å²) in [7, 11) is 0. The third kappa shape index (κ3) is 15.9. The Balaban J connectivity index is -0.000000245. The lowest BCUT2D eigenvalue weighted by Crippen LogP contribution is -2.26. The molecule has 0 aromatic carbocycles. The van der Waals surface area contributed by atoms with Crippen LogP contribution in [0.5, 0.6) is 0 Å². The van der Waals surface area contributed by atoms with E-state index in [-0.39, 0.29) is 34.0 Å². The summed E-state index contributed by atoms with van der Waals surface area (Å²) in [6.45, 7) is 8.56. The molecule has 2 N–H and O–H groups in total. The Morgan fingerprint density at radius 3 is 1.30 bits per heavy atom. The van der Waals surface area contributed by atoms with Crippen LogP contribution in [-0.2, 0) is 0 Å². The predicted molar refractivity (Wildman–Crippen MR) is 57.7 cm³/mol. The zero-order chi connectivity index (χ0) is 6.24. The van der Waals surface area contributed by atoms with Gasteiger partial charge < -0.3 is 10.6 Å². The van der Waals surface area contributed by atoms with Crippen molar-refractivity contribution in [1.82, 2.24) is 10.6 Å². The fourth-order valence-electron chi connectivity index (χ4n) is 0.530. The molecule has 0 heterocycles. The molecule has 66 valence electrons. The molecule has 0 amide bonds. The van der Waals surface area contributed by atoms with Crippen molar-refractivity contribution in [3.63, 3.8) is 0 Å². The van der Waals surface area contributed by atoms with Crippen molar-refractivity contribution in [2.24, 2.45) is 0 Å². The number of rotatable bonds is 5. The molecule has 0 aliphatic rings. The first-order chi connectivity index (χ1) is 3.91. The number of likely N-dealkylation sites (N-methyl/N-ethyl adjacent to an activating group) is 2. The molecule has 0 aromatic heterocycles. The molecular weight excluding hydrogens is 260 g/mol. The highest BCUT2D eigenvalue weighted by atomic mass is 79.9. The van der Waals surface area contributed by atoms with Gasteiger partial charge in [0.15, 0.2) is 0 Å². The molecule has 10 heavy (non-hydrogen) atoms. The first-order valence-electron chi connectivity index (χ1n) is 3.33. The van der Waals surface area contributed by atoms with E-state index in [1.54, 1.807) is 0 Å². The van der Waals surface area contributed by atoms with Gasteiger partial charge in [-0.05, 0) is 13.1 Å². The van der Waals surface area contributed by atoms with Gasteiger partial charge in [-0.3, -0.25) is 0 Å². The van der Waals surface area contributed by atoms with Crippen molar-refractivity contribution in [2.75, 3.05) is 26.2 Å². The lowest BCUT2D eigenvalue weighted by Gasteiger charge is -1.99. The topological polar surface area (TPSA) is 24.1 Å². The predicted octanol–water partition coefficient (Wildman–Crippen LogP) is 1.36. The summed E-state index contributed by atoms with van der Waals surface area (Å²) in [5.41, 5.74) is 0. The fraction of sp³-hybridized carbons (Fsp3) is 1.00. The van der Waals surface area contributed by atoms with E-state index in [0.29, 0.717) is 0 Å². The molecule has 0 saturated heterocycles. The Hall–Kier alpha value is 0.880. The van der Waals surface area contributed by atoms with Gasteiger partial charge in [0.2, 0.25) is 0 Å². The highest BCUT2D eigenvalue weighted by Crippen LogP contribution is 1.56. The zero-order valence-electron chi connectivity index (χ0n) is 6.64. The minimum absolute atomic E-state index is 0. The van der Waals surface area contributed by atoms with Crippen molar-refractivity contribution in [3.05, 3.63) is 0 Å². The number of halogens is 2. The van der Waals surface area contributed by atoms with Gasteiger partial charge in [-0.1, -0.05) is 13.8 Å². The van der Waals surface area contributed by atoms with Crippen LogP contribution in [0.1, 0.15) is 13.8 Å². The van der Waals surface area contributed by atoms with Gasteiger partial charge in [0.05, 0.1) is 0 Å². The van der Waals surface area contributed by atoms with Gasteiger partial charge >= 0.3 is 0 Å². The van der Waals surface area contributed by atoms with Crippen LogP contribution in [0.4, 0.5) is 0 Å². The third-order valence-corrected chi connectivity index (χ3v) is 0.979. The molecule has 0 unspecified atom stereocenters. The van der Waals surface area contributed by atoms with E-state index in [1.807, 2.05) is 0 Å². The SMILES string of the molecule is Br.Br.CCNCCNCC. The number of hydrogen-bond acceptors (Lipinski definition) is 2. The Morgan fingerprint density at radius 1 is 0.800 bits per heavy atom. The van der Waals surface area contributed by atoms with E-state index >= 15 is 0 Å². The first-order valence-corrected chi connectivity index (χ1v) is 3.33. The first kappa shape index (κ1) is 17.1. The van der Waals surface area contributed by atoms with Gasteiger partial charge in [0.25, 0.3) is 0 Å². The summed E-state index contributed by atoms with van der Waals surface area (Å²) in [5, 5.41) is 6.44. The lowest BCUT2D eigenvalue weighted by molar-refractivity contribution is 0.641. The maximum atomic E-state index is 3.22. The van der Waals surface area contributed by atoms with Gasteiger partial charge in [-0.2, -0.15) is 0 Å². The molecular formula is C6H18Br2N2. The van der Waals surface area contributed by atoms with Crippen molar-refractivity contribution in [3.8, 4) is 0 Å². The van der Waals surface area contributed by atoms with Crippen LogP contribution in [0.25, 0.3) is 0 Å². The normalized spacial score (nSPS) is 7.80. The van der Waals surface area contributed by atoms with Crippen LogP contribution in [0.2, 0.25) is 0 Å². The van der Waals surface area contributed by atoms with E-state index in [4.69, 9.17) is 0 Å². The quantitative estimate of drug-likeness (QED) is 0.742. The minimum Gasteiger partial charge on any atom is -0.316 e. The zero-order valence-corrected chi connectivity index (χ0v) is 10.1. The molecule has 0 aromatic rings. The molecule has 2 nitrogen and oxygen atoms in total. The van der Waals surface area contributed by atoms with Crippen molar-refractivity contribution in [1.29, 1.82) is 0 Å². The van der Waals surface area contributed by atoms with Crippen LogP contribution in [0.15, 0.2) is 0 Å². The molecule has 0 fully saturated rings. The van der Waals surface area contributed by atoms with Crippen LogP contribution < -0.4 is 10.6 Å². The van der Waals surface area contributed by atoms with Crippen LogP contribution in [-0.4, -0.2) is 26.2 Å². The highest BCUT2D eigenvalue weighted by molar-refractivity contribution is 8.93. The largest absolute Gasteiger partial charge is 0.316 e. The van der Waals surface area contributed by atoms with Crippen molar-refractivity contribution < 1.29 is 0 Å². The number of nitrogens with one attached hydrogen (secondary N) is 2. The molecule has 0 rings (SSSR count). The monoisotopic (exact) mass is 276 g/mol. The molecule has 4 heteroatoms. The minimum atomic E-state index is 0. The van der Waals surface area contributed by atoms with Crippen LogP contribution in [0.3, 0.4) is 0 Å². The maximum Gasteiger partial charge on any atom is 0.00766 e. The Bertz CT molecular complexity index is 38.7. The summed E-state index contributed by atoms with van der Waals surface area (Å²) < 4.78 is 0. The lowest BCUT2D eigenvalue weighted by atomic mass is 10.6. The molecule has 0 saturated carbocycles. The second-order valence-electron chi connectivity index (χ2n) is 1.71. The van der Waals surface area contributed by atoms with E-state index in [9.17, 15) is 0 Å². The second-order valence-corrected chi connectivity index (χ2v) is 1.71. The summed E-state index contributed by atoms with van der Waals surface area (Å²) >= 11 is 0. The van der Waals surface area contributed by atoms with Gasteiger partial charge in [-0.25, -0.2) is 0 Å². The van der Waals surface area contributed by atoms with Gasteiger partial charge in [0.1, 0.15) is 0 Å². The third-order valence-electron chi connectivity index (χ3n) is 0.979. The molecule has 0 aliphatic heterocycles. The average molecular weight is 278 g/mol. The highest BCUT2D eigenvalue weighted by Gasteiger charge is 1.79. The molecule has 0 radical (unpaired) electrons. The Labute approximate surface area is 84.7 Å². The summed E-state index contributed by atoms with van der Waals surface area (Å²) in [5.74, 6) is 0. The van der Waals surface area contributed by atoms with Crippen LogP contribution >= 0.6 is 34.0 Å².